The van der Waals surface area contributed by atoms with Gasteiger partial charge in [0.25, 0.3) is 0 Å². The number of piperazine rings is 1. The molecule has 3 aliphatic rings. The molecule has 0 saturated carbocycles. The van der Waals surface area contributed by atoms with Crippen LogP contribution in [-0.4, -0.2) is 66.6 Å². The van der Waals surface area contributed by atoms with Crippen molar-refractivity contribution < 1.29 is 27.4 Å². The van der Waals surface area contributed by atoms with Gasteiger partial charge in [-0.25, -0.2) is 9.18 Å². The summed E-state index contributed by atoms with van der Waals surface area (Å²) in [6, 6.07) is 1.13. The standard InChI is InChI=1S/C19H21F3N4O3/c1-12-11-25(15-5-6-23-10-14(15)20)7-8-26(12)18(27)24-9-13-3-2-4-16-17(13)29-19(21,22)28-16/h2-6,10,12,16-17H,7-9,11H2,1H3,(H,24,27)/t12-,16?,17?/m1/s1. The van der Waals surface area contributed by atoms with Crippen LogP contribution in [0.4, 0.5) is 23.7 Å². The Morgan fingerprint density at radius 3 is 2.97 bits per heavy atom. The Kier molecular flexibility index (Phi) is 5.22. The summed E-state index contributed by atoms with van der Waals surface area (Å²) in [4.78, 5) is 19.9. The van der Waals surface area contributed by atoms with Crippen molar-refractivity contribution in [1.82, 2.24) is 15.2 Å². The summed E-state index contributed by atoms with van der Waals surface area (Å²) in [6.45, 7) is 3.27. The number of aromatic nitrogens is 1. The third-order valence-electron chi connectivity index (χ3n) is 5.24. The van der Waals surface area contributed by atoms with Gasteiger partial charge >= 0.3 is 12.3 Å². The van der Waals surface area contributed by atoms with E-state index >= 15 is 0 Å². The number of nitrogens with zero attached hydrogens (tertiary/aromatic N) is 3. The Morgan fingerprint density at radius 1 is 1.38 bits per heavy atom. The number of pyridine rings is 1. The fraction of sp³-hybridized carbons (Fsp3) is 0.474. The van der Waals surface area contributed by atoms with Crippen molar-refractivity contribution in [2.45, 2.75) is 31.5 Å². The molecule has 2 saturated heterocycles. The molecule has 156 valence electrons. The number of carbonyl (C=O) groups is 1. The number of hydrogen-bond acceptors (Lipinski definition) is 5. The van der Waals surface area contributed by atoms with Crippen molar-refractivity contribution in [3.05, 3.63) is 48.1 Å². The van der Waals surface area contributed by atoms with Crippen LogP contribution in [0.2, 0.25) is 0 Å². The zero-order chi connectivity index (χ0) is 20.6. The number of halogens is 3. The Balaban J connectivity index is 1.33. The average molecular weight is 410 g/mol. The minimum atomic E-state index is -3.64. The molecule has 0 aromatic carbocycles. The number of urea groups is 1. The normalized spacial score (nSPS) is 28.1. The van der Waals surface area contributed by atoms with E-state index in [1.54, 1.807) is 23.1 Å². The fourth-order valence-electron chi connectivity index (χ4n) is 3.81. The van der Waals surface area contributed by atoms with Crippen LogP contribution >= 0.6 is 0 Å². The molecule has 2 amide bonds. The monoisotopic (exact) mass is 410 g/mol. The van der Waals surface area contributed by atoms with E-state index in [4.69, 9.17) is 0 Å². The topological polar surface area (TPSA) is 66.9 Å². The molecule has 3 atom stereocenters. The lowest BCUT2D eigenvalue weighted by atomic mass is 9.99. The Morgan fingerprint density at radius 2 is 2.21 bits per heavy atom. The lowest BCUT2D eigenvalue weighted by Gasteiger charge is -2.41. The van der Waals surface area contributed by atoms with Gasteiger partial charge in [0, 0.05) is 38.4 Å². The Bertz CT molecular complexity index is 848. The van der Waals surface area contributed by atoms with Crippen molar-refractivity contribution in [1.29, 1.82) is 0 Å². The van der Waals surface area contributed by atoms with E-state index in [2.05, 4.69) is 19.8 Å². The summed E-state index contributed by atoms with van der Waals surface area (Å²) >= 11 is 0. The molecule has 0 spiro atoms. The predicted molar refractivity (Wildman–Crippen MR) is 97.9 cm³/mol. The molecule has 0 radical (unpaired) electrons. The summed E-state index contributed by atoms with van der Waals surface area (Å²) in [5.74, 6) is -0.403. The molecular formula is C19H21F3N4O3. The highest BCUT2D eigenvalue weighted by Crippen LogP contribution is 2.36. The number of hydrogen-bond donors (Lipinski definition) is 1. The highest BCUT2D eigenvalue weighted by Gasteiger charge is 2.50. The second-order valence-electron chi connectivity index (χ2n) is 7.18. The molecule has 1 N–H and O–H groups in total. The van der Waals surface area contributed by atoms with Crippen molar-refractivity contribution in [2.24, 2.45) is 0 Å². The van der Waals surface area contributed by atoms with Crippen LogP contribution in [-0.2, 0) is 9.47 Å². The van der Waals surface area contributed by atoms with Crippen LogP contribution in [0.15, 0.2) is 42.3 Å². The quantitative estimate of drug-likeness (QED) is 0.828. The zero-order valence-corrected chi connectivity index (χ0v) is 15.7. The lowest BCUT2D eigenvalue weighted by molar-refractivity contribution is -0.347. The molecule has 1 aromatic rings. The number of fused-ring (bicyclic) bond motifs is 1. The van der Waals surface area contributed by atoms with Crippen LogP contribution < -0.4 is 10.2 Å². The third-order valence-corrected chi connectivity index (χ3v) is 5.24. The minimum absolute atomic E-state index is 0.0652. The van der Waals surface area contributed by atoms with E-state index in [-0.39, 0.29) is 18.6 Å². The molecule has 0 bridgehead atoms. The highest BCUT2D eigenvalue weighted by atomic mass is 19.3. The molecule has 10 heteroatoms. The number of alkyl halides is 2. The van der Waals surface area contributed by atoms with Gasteiger partial charge in [0.05, 0.1) is 11.9 Å². The fourth-order valence-corrected chi connectivity index (χ4v) is 3.81. The van der Waals surface area contributed by atoms with Gasteiger partial charge in [0.2, 0.25) is 0 Å². The first-order valence-corrected chi connectivity index (χ1v) is 9.34. The molecule has 29 heavy (non-hydrogen) atoms. The van der Waals surface area contributed by atoms with Crippen LogP contribution in [0.3, 0.4) is 0 Å². The van der Waals surface area contributed by atoms with Gasteiger partial charge in [-0.3, -0.25) is 14.5 Å². The largest absolute Gasteiger partial charge is 0.486 e. The summed E-state index contributed by atoms with van der Waals surface area (Å²) in [5.41, 5.74) is 0.963. The maximum absolute atomic E-state index is 14.0. The summed E-state index contributed by atoms with van der Waals surface area (Å²) in [6.07, 6.45) is 1.99. The number of anilines is 1. The summed E-state index contributed by atoms with van der Waals surface area (Å²) < 4.78 is 49.8. The first kappa shape index (κ1) is 19.7. The predicted octanol–water partition coefficient (Wildman–Crippen LogP) is 2.27. The van der Waals surface area contributed by atoms with E-state index < -0.39 is 24.3 Å². The molecule has 2 fully saturated rings. The number of ether oxygens (including phenoxy) is 2. The molecule has 1 aromatic heterocycles. The highest BCUT2D eigenvalue weighted by molar-refractivity contribution is 5.75. The second kappa shape index (κ2) is 7.68. The molecule has 2 aliphatic heterocycles. The number of amides is 2. The SMILES string of the molecule is C[C@@H]1CN(c2ccncc2F)CCN1C(=O)NCC1=CC=CC2OC(F)(F)OC12. The van der Waals surface area contributed by atoms with Gasteiger partial charge in [-0.15, -0.1) is 8.78 Å². The van der Waals surface area contributed by atoms with Gasteiger partial charge in [-0.05, 0) is 18.6 Å². The molecule has 1 aliphatic carbocycles. The van der Waals surface area contributed by atoms with Crippen molar-refractivity contribution in [2.75, 3.05) is 31.1 Å². The van der Waals surface area contributed by atoms with Gasteiger partial charge in [-0.1, -0.05) is 18.2 Å². The van der Waals surface area contributed by atoms with E-state index in [9.17, 15) is 18.0 Å². The summed E-state index contributed by atoms with van der Waals surface area (Å²) in [7, 11) is 0. The number of rotatable bonds is 3. The molecular weight excluding hydrogens is 389 g/mol. The first-order chi connectivity index (χ1) is 13.8. The van der Waals surface area contributed by atoms with Gasteiger partial charge in [-0.2, -0.15) is 0 Å². The maximum Gasteiger partial charge on any atom is 0.486 e. The van der Waals surface area contributed by atoms with Crippen LogP contribution in [0, 0.1) is 5.82 Å². The molecule has 4 rings (SSSR count). The molecule has 3 heterocycles. The first-order valence-electron chi connectivity index (χ1n) is 9.34. The number of carbonyl (C=O) groups excluding carboxylic acids is 1. The number of nitrogens with one attached hydrogen (secondary N) is 1. The van der Waals surface area contributed by atoms with Crippen molar-refractivity contribution in [3.8, 4) is 0 Å². The van der Waals surface area contributed by atoms with Gasteiger partial charge in [0.15, 0.2) is 5.82 Å². The van der Waals surface area contributed by atoms with Crippen LogP contribution in [0.5, 0.6) is 0 Å². The van der Waals surface area contributed by atoms with Crippen molar-refractivity contribution >= 4 is 11.7 Å². The van der Waals surface area contributed by atoms with E-state index in [1.165, 1.54) is 12.3 Å². The summed E-state index contributed by atoms with van der Waals surface area (Å²) in [5, 5.41) is 2.76. The van der Waals surface area contributed by atoms with Gasteiger partial charge < -0.3 is 15.1 Å². The lowest BCUT2D eigenvalue weighted by Crippen LogP contribution is -2.57. The Hall–Kier alpha value is -2.59. The Labute approximate surface area is 165 Å². The van der Waals surface area contributed by atoms with Crippen molar-refractivity contribution in [3.63, 3.8) is 0 Å². The van der Waals surface area contributed by atoms with Crippen LogP contribution in [0.1, 0.15) is 6.92 Å². The maximum atomic E-state index is 14.0. The third kappa shape index (κ3) is 4.08. The number of allylic oxidation sites excluding steroid dienone is 2. The smallest absolute Gasteiger partial charge is 0.365 e. The van der Waals surface area contributed by atoms with E-state index in [0.29, 0.717) is 30.9 Å². The van der Waals surface area contributed by atoms with Crippen LogP contribution in [0.25, 0.3) is 0 Å². The second-order valence-corrected chi connectivity index (χ2v) is 7.18. The molecule has 7 nitrogen and oxygen atoms in total. The minimum Gasteiger partial charge on any atom is -0.365 e. The van der Waals surface area contributed by atoms with E-state index in [1.807, 2.05) is 11.8 Å². The zero-order valence-electron chi connectivity index (χ0n) is 15.7. The van der Waals surface area contributed by atoms with Gasteiger partial charge in [0.1, 0.15) is 12.2 Å². The molecule has 2 unspecified atom stereocenters. The average Bonchev–Trinajstić information content (AvgIpc) is 3.00. The van der Waals surface area contributed by atoms with E-state index in [0.717, 1.165) is 6.20 Å².